The maximum Gasteiger partial charge on any atom is -0.0129 e. The van der Waals surface area contributed by atoms with Crippen molar-refractivity contribution in [2.45, 2.75) is 39.5 Å². The van der Waals surface area contributed by atoms with Gasteiger partial charge >= 0.3 is 0 Å². The van der Waals surface area contributed by atoms with E-state index in [-0.39, 0.29) is 5.41 Å². The van der Waals surface area contributed by atoms with Gasteiger partial charge in [0, 0.05) is 0 Å². The topological polar surface area (TPSA) is 0 Å². The zero-order chi connectivity index (χ0) is 10.1. The Morgan fingerprint density at radius 1 is 1.23 bits per heavy atom. The van der Waals surface area contributed by atoms with Crippen LogP contribution in [0.3, 0.4) is 0 Å². The van der Waals surface area contributed by atoms with Crippen LogP contribution in [0.5, 0.6) is 0 Å². The van der Waals surface area contributed by atoms with Crippen LogP contribution in [0.25, 0.3) is 0 Å². The number of hydrogen-bond acceptors (Lipinski definition) is 0. The second-order valence-corrected chi connectivity index (χ2v) is 4.60. The van der Waals surface area contributed by atoms with Gasteiger partial charge in [-0.05, 0) is 35.4 Å². The maximum absolute atomic E-state index is 4.10. The highest BCUT2D eigenvalue weighted by Gasteiger charge is 2.15. The first-order chi connectivity index (χ1) is 5.95. The number of rotatable bonds is 1. The lowest BCUT2D eigenvalue weighted by molar-refractivity contribution is 0.588. The molecule has 1 rings (SSSR count). The normalized spacial score (nSPS) is 11.8. The summed E-state index contributed by atoms with van der Waals surface area (Å²) in [7, 11) is 0. The Balaban J connectivity index is 3.13. The van der Waals surface area contributed by atoms with Gasteiger partial charge in [0.15, 0.2) is 0 Å². The first-order valence-electron chi connectivity index (χ1n) is 4.90. The summed E-state index contributed by atoms with van der Waals surface area (Å²) in [5.74, 6) is 0. The van der Waals surface area contributed by atoms with Gasteiger partial charge in [-0.2, -0.15) is 0 Å². The second kappa shape index (κ2) is 3.53. The average Bonchev–Trinajstić information content (AvgIpc) is 2.01. The van der Waals surface area contributed by atoms with Crippen molar-refractivity contribution in [3.8, 4) is 0 Å². The van der Waals surface area contributed by atoms with Crippen molar-refractivity contribution in [2.24, 2.45) is 0 Å². The zero-order valence-corrected chi connectivity index (χ0v) is 9.15. The summed E-state index contributed by atoms with van der Waals surface area (Å²) in [4.78, 5) is 0. The molecular weight excluding hydrogens is 156 g/mol. The third-order valence-electron chi connectivity index (χ3n) is 2.39. The molecule has 0 aliphatic rings. The maximum atomic E-state index is 4.10. The Bertz CT molecular complexity index is 289. The first-order valence-corrected chi connectivity index (χ1v) is 4.90. The van der Waals surface area contributed by atoms with Crippen LogP contribution in [0.15, 0.2) is 18.2 Å². The third kappa shape index (κ3) is 2.33. The number of aryl methyl sites for hydroxylation is 1. The van der Waals surface area contributed by atoms with Crippen LogP contribution in [-0.2, 0) is 11.8 Å². The molecule has 0 bridgehead atoms. The van der Waals surface area contributed by atoms with Crippen molar-refractivity contribution in [3.63, 3.8) is 0 Å². The van der Waals surface area contributed by atoms with Gasteiger partial charge in [-0.25, -0.2) is 0 Å². The van der Waals surface area contributed by atoms with Crippen LogP contribution in [0.1, 0.15) is 44.4 Å². The van der Waals surface area contributed by atoms with E-state index in [2.05, 4.69) is 52.8 Å². The van der Waals surface area contributed by atoms with Crippen molar-refractivity contribution in [3.05, 3.63) is 41.8 Å². The highest BCUT2D eigenvalue weighted by Crippen LogP contribution is 2.26. The fraction of sp³-hybridized carbons (Fsp3) is 0.462. The second-order valence-electron chi connectivity index (χ2n) is 4.60. The predicted octanol–water partition coefficient (Wildman–Crippen LogP) is 3.73. The lowest BCUT2D eigenvalue weighted by Gasteiger charge is -2.22. The summed E-state index contributed by atoms with van der Waals surface area (Å²) in [5, 5.41) is 0. The largest absolute Gasteiger partial charge is 0.0613 e. The molecule has 0 amide bonds. The van der Waals surface area contributed by atoms with Gasteiger partial charge in [0.2, 0.25) is 0 Å². The molecule has 13 heavy (non-hydrogen) atoms. The molecule has 0 saturated carbocycles. The molecule has 1 aromatic carbocycles. The minimum absolute atomic E-state index is 0.212. The first kappa shape index (κ1) is 10.3. The quantitative estimate of drug-likeness (QED) is 0.610. The highest BCUT2D eigenvalue weighted by molar-refractivity contribution is 5.38. The molecule has 0 aliphatic heterocycles. The molecule has 0 spiro atoms. The van der Waals surface area contributed by atoms with Gasteiger partial charge in [0.1, 0.15) is 0 Å². The van der Waals surface area contributed by atoms with Crippen LogP contribution < -0.4 is 0 Å². The van der Waals surface area contributed by atoms with Crippen molar-refractivity contribution in [1.82, 2.24) is 0 Å². The van der Waals surface area contributed by atoms with Gasteiger partial charge in [0.05, 0.1) is 0 Å². The Morgan fingerprint density at radius 2 is 1.85 bits per heavy atom. The van der Waals surface area contributed by atoms with Gasteiger partial charge < -0.3 is 0 Å². The highest BCUT2D eigenvalue weighted by atomic mass is 14.2. The molecule has 0 aliphatic carbocycles. The summed E-state index contributed by atoms with van der Waals surface area (Å²) in [6, 6.07) is 6.61. The van der Waals surface area contributed by atoms with Gasteiger partial charge in [-0.15, -0.1) is 0 Å². The fourth-order valence-corrected chi connectivity index (χ4v) is 1.60. The molecule has 0 heterocycles. The van der Waals surface area contributed by atoms with Crippen molar-refractivity contribution >= 4 is 0 Å². The van der Waals surface area contributed by atoms with Crippen LogP contribution in [0.2, 0.25) is 0 Å². The smallest absolute Gasteiger partial charge is 0.0129 e. The molecule has 0 N–H and O–H groups in total. The molecule has 0 saturated heterocycles. The van der Waals surface area contributed by atoms with E-state index in [1.54, 1.807) is 0 Å². The monoisotopic (exact) mass is 175 g/mol. The Kier molecular flexibility index (Phi) is 2.80. The van der Waals surface area contributed by atoms with E-state index in [0.717, 1.165) is 6.42 Å². The lowest BCUT2D eigenvalue weighted by Crippen LogP contribution is -2.13. The molecule has 71 valence electrons. The van der Waals surface area contributed by atoms with E-state index in [9.17, 15) is 0 Å². The van der Waals surface area contributed by atoms with E-state index >= 15 is 0 Å². The molecule has 0 unspecified atom stereocenters. The summed E-state index contributed by atoms with van der Waals surface area (Å²) < 4.78 is 0. The molecule has 0 aromatic heterocycles. The predicted molar refractivity (Wildman–Crippen MR) is 59.0 cm³/mol. The van der Waals surface area contributed by atoms with E-state index in [1.165, 1.54) is 16.7 Å². The molecule has 0 heteroatoms. The van der Waals surface area contributed by atoms with Crippen molar-refractivity contribution < 1.29 is 0 Å². The van der Waals surface area contributed by atoms with Crippen LogP contribution >= 0.6 is 0 Å². The number of hydrogen-bond donors (Lipinski definition) is 0. The summed E-state index contributed by atoms with van der Waals surface area (Å²) in [5.41, 5.74) is 4.11. The van der Waals surface area contributed by atoms with E-state index < -0.39 is 0 Å². The van der Waals surface area contributed by atoms with Gasteiger partial charge in [-0.1, -0.05) is 45.9 Å². The summed E-state index contributed by atoms with van der Waals surface area (Å²) in [6.07, 6.45) is 1.09. The molecule has 1 aromatic rings. The fourth-order valence-electron chi connectivity index (χ4n) is 1.60. The standard InChI is InChI=1S/C13H19/c1-6-11-7-8-12(10(2)9-11)13(3,4)5/h7-9H,2,6H2,1,3-5H3. The molecule has 0 fully saturated rings. The third-order valence-corrected chi connectivity index (χ3v) is 2.39. The molecule has 0 atom stereocenters. The minimum Gasteiger partial charge on any atom is -0.0613 e. The zero-order valence-electron chi connectivity index (χ0n) is 9.15. The van der Waals surface area contributed by atoms with Gasteiger partial charge in [-0.3, -0.25) is 0 Å². The average molecular weight is 175 g/mol. The number of benzene rings is 1. The van der Waals surface area contributed by atoms with Crippen LogP contribution in [-0.4, -0.2) is 0 Å². The van der Waals surface area contributed by atoms with Crippen LogP contribution in [0, 0.1) is 6.92 Å². The van der Waals surface area contributed by atoms with Crippen molar-refractivity contribution in [2.75, 3.05) is 0 Å². The summed E-state index contributed by atoms with van der Waals surface area (Å²) >= 11 is 0. The Morgan fingerprint density at radius 3 is 2.23 bits per heavy atom. The van der Waals surface area contributed by atoms with Gasteiger partial charge in [0.25, 0.3) is 0 Å². The molecule has 0 nitrogen and oxygen atoms in total. The SMILES string of the molecule is [CH2]c1cc(CC)ccc1C(C)(C)C. The van der Waals surface area contributed by atoms with E-state index in [4.69, 9.17) is 0 Å². The molecular formula is C13H19. The van der Waals surface area contributed by atoms with E-state index in [1.807, 2.05) is 0 Å². The van der Waals surface area contributed by atoms with E-state index in [0.29, 0.717) is 0 Å². The summed E-state index contributed by atoms with van der Waals surface area (Å²) in [6.45, 7) is 12.9. The van der Waals surface area contributed by atoms with Crippen LogP contribution in [0.4, 0.5) is 0 Å². The van der Waals surface area contributed by atoms with Crippen molar-refractivity contribution in [1.29, 1.82) is 0 Å². The Hall–Kier alpha value is -0.780. The Labute approximate surface area is 82.0 Å². The minimum atomic E-state index is 0.212. The lowest BCUT2D eigenvalue weighted by atomic mass is 9.83. The molecule has 1 radical (unpaired) electrons.